The topological polar surface area (TPSA) is 114 Å². The van der Waals surface area contributed by atoms with Crippen molar-refractivity contribution in [1.82, 2.24) is 10.2 Å². The molecule has 5 rings (SSSR count). The summed E-state index contributed by atoms with van der Waals surface area (Å²) in [6.07, 6.45) is 7.96. The van der Waals surface area contributed by atoms with Crippen LogP contribution in [-0.2, 0) is 34.7 Å². The Morgan fingerprint density at radius 1 is 0.917 bits per heavy atom. The lowest BCUT2D eigenvalue weighted by Crippen LogP contribution is -2.47. The molecule has 2 fully saturated rings. The molecule has 48 heavy (non-hydrogen) atoms. The van der Waals surface area contributed by atoms with Gasteiger partial charge in [-0.2, -0.15) is 0 Å². The fourth-order valence-electron chi connectivity index (χ4n) is 7.08. The zero-order valence-corrected chi connectivity index (χ0v) is 29.7. The second kappa shape index (κ2) is 17.1. The summed E-state index contributed by atoms with van der Waals surface area (Å²) in [6.45, 7) is 2.17. The number of halogens is 2. The molecule has 1 saturated carbocycles. The highest BCUT2D eigenvalue weighted by Gasteiger charge is 2.46. The molecule has 1 amide bonds. The number of aliphatic imine (C=N–C) groups is 1. The number of benzene rings is 2. The normalized spacial score (nSPS) is 21.4. The average Bonchev–Trinajstić information content (AvgIpc) is 3.11. The van der Waals surface area contributed by atoms with Gasteiger partial charge in [0.2, 0.25) is 5.91 Å². The highest BCUT2D eigenvalue weighted by molar-refractivity contribution is 7.85. The fourth-order valence-corrected chi connectivity index (χ4v) is 8.81. The molecule has 2 heterocycles. The van der Waals surface area contributed by atoms with E-state index in [4.69, 9.17) is 37.7 Å². The summed E-state index contributed by atoms with van der Waals surface area (Å²) < 4.78 is 24.0. The molecule has 2 unspecified atom stereocenters. The monoisotopic (exact) mass is 715 g/mol. The first-order valence-electron chi connectivity index (χ1n) is 16.6. The van der Waals surface area contributed by atoms with Crippen molar-refractivity contribution in [1.29, 1.82) is 0 Å². The number of hydrogen-bond acceptors (Lipinski definition) is 8. The number of ether oxygens (including phenoxy) is 2. The number of rotatable bonds is 11. The number of nitrogens with one attached hydrogen (secondary N) is 1. The molecule has 1 N–H and O–H groups in total. The van der Waals surface area contributed by atoms with Crippen LogP contribution in [0.1, 0.15) is 62.8 Å². The van der Waals surface area contributed by atoms with Crippen molar-refractivity contribution < 1.29 is 28.1 Å². The van der Waals surface area contributed by atoms with Crippen LogP contribution < -0.4 is 5.32 Å². The molecule has 258 valence electrons. The Balaban J connectivity index is 1.46. The number of amides is 1. The first kappa shape index (κ1) is 36.2. The van der Waals surface area contributed by atoms with Crippen LogP contribution in [0, 0.1) is 11.8 Å². The van der Waals surface area contributed by atoms with Gasteiger partial charge < -0.3 is 19.7 Å². The Morgan fingerprint density at radius 3 is 2.21 bits per heavy atom. The van der Waals surface area contributed by atoms with Crippen LogP contribution in [0.25, 0.3) is 0 Å². The first-order valence-corrected chi connectivity index (χ1v) is 18.6. The summed E-state index contributed by atoms with van der Waals surface area (Å²) >= 11 is 13.4. The molecule has 9 nitrogen and oxygen atoms in total. The Morgan fingerprint density at radius 2 is 1.58 bits per heavy atom. The minimum absolute atomic E-state index is 0.00626. The SMILES string of the molecule is COC(=O)C1=C(CS(=O)c2ccccc2)N=C(CC(=O)N2CCC(NCC3CCCCC3)CC2)C(C(=O)OC)[C@@H]1c1c(Cl)cccc1Cl. The van der Waals surface area contributed by atoms with Gasteiger partial charge in [-0.05, 0) is 68.0 Å². The second-order valence-electron chi connectivity index (χ2n) is 12.6. The van der Waals surface area contributed by atoms with Gasteiger partial charge >= 0.3 is 11.9 Å². The molecule has 2 aliphatic heterocycles. The van der Waals surface area contributed by atoms with E-state index in [1.165, 1.54) is 46.3 Å². The van der Waals surface area contributed by atoms with Gasteiger partial charge in [-0.1, -0.05) is 66.7 Å². The maximum Gasteiger partial charge on any atom is 0.336 e. The lowest BCUT2D eigenvalue weighted by atomic mass is 9.74. The van der Waals surface area contributed by atoms with E-state index in [0.29, 0.717) is 29.6 Å². The number of carbonyl (C=O) groups excluding carboxylic acids is 3. The molecule has 0 aromatic heterocycles. The molecule has 0 spiro atoms. The van der Waals surface area contributed by atoms with Gasteiger partial charge in [0, 0.05) is 45.7 Å². The van der Waals surface area contributed by atoms with Gasteiger partial charge in [0.15, 0.2) is 0 Å². The van der Waals surface area contributed by atoms with Gasteiger partial charge in [0.25, 0.3) is 0 Å². The number of methoxy groups -OCH3 is 2. The summed E-state index contributed by atoms with van der Waals surface area (Å²) in [5, 5.41) is 4.15. The molecule has 0 radical (unpaired) electrons. The van der Waals surface area contributed by atoms with Gasteiger partial charge in [0.05, 0.1) is 48.5 Å². The zero-order chi connectivity index (χ0) is 34.2. The Hall–Kier alpha value is -3.05. The molecule has 0 bridgehead atoms. The van der Waals surface area contributed by atoms with Gasteiger partial charge in [-0.15, -0.1) is 0 Å². The summed E-state index contributed by atoms with van der Waals surface area (Å²) in [5.74, 6) is -3.44. The Labute approximate surface area is 294 Å². The van der Waals surface area contributed by atoms with E-state index in [1.54, 1.807) is 47.4 Å². The van der Waals surface area contributed by atoms with E-state index < -0.39 is 34.6 Å². The number of carbonyl (C=O) groups is 3. The van der Waals surface area contributed by atoms with E-state index in [0.717, 1.165) is 25.3 Å². The van der Waals surface area contributed by atoms with E-state index in [-0.39, 0.29) is 45.1 Å². The lowest BCUT2D eigenvalue weighted by Gasteiger charge is -2.36. The fraction of sp³-hybridized carbons (Fsp3) is 0.500. The van der Waals surface area contributed by atoms with E-state index >= 15 is 0 Å². The van der Waals surface area contributed by atoms with E-state index in [9.17, 15) is 18.6 Å². The molecule has 12 heteroatoms. The number of esters is 2. The van der Waals surface area contributed by atoms with Crippen molar-refractivity contribution in [2.75, 3.05) is 39.6 Å². The lowest BCUT2D eigenvalue weighted by molar-refractivity contribution is -0.143. The highest BCUT2D eigenvalue weighted by Crippen LogP contribution is 2.46. The number of piperidine rings is 1. The smallest absolute Gasteiger partial charge is 0.336 e. The van der Waals surface area contributed by atoms with Gasteiger partial charge in [-0.25, -0.2) is 4.79 Å². The molecular formula is C36H43Cl2N3O6S. The molecule has 2 aromatic carbocycles. The number of likely N-dealkylation sites (tertiary alicyclic amines) is 1. The van der Waals surface area contributed by atoms with Gasteiger partial charge in [-0.3, -0.25) is 18.8 Å². The first-order chi connectivity index (χ1) is 23.2. The van der Waals surface area contributed by atoms with E-state index in [2.05, 4.69) is 5.32 Å². The maximum atomic E-state index is 13.9. The Bertz CT molecular complexity index is 1550. The van der Waals surface area contributed by atoms with Crippen molar-refractivity contribution in [3.05, 3.63) is 75.4 Å². The van der Waals surface area contributed by atoms with Crippen LogP contribution >= 0.6 is 23.2 Å². The van der Waals surface area contributed by atoms with Crippen molar-refractivity contribution in [3.63, 3.8) is 0 Å². The quantitative estimate of drug-likeness (QED) is 0.280. The average molecular weight is 717 g/mol. The van der Waals surface area contributed by atoms with Crippen molar-refractivity contribution in [3.8, 4) is 0 Å². The minimum atomic E-state index is -1.62. The number of nitrogens with zero attached hydrogens (tertiary/aromatic N) is 2. The third kappa shape index (κ3) is 8.56. The molecule has 1 saturated heterocycles. The van der Waals surface area contributed by atoms with E-state index in [1.807, 2.05) is 6.07 Å². The summed E-state index contributed by atoms with van der Waals surface area (Å²) in [6, 6.07) is 14.0. The van der Waals surface area contributed by atoms with Crippen LogP contribution in [0.15, 0.2) is 69.7 Å². The van der Waals surface area contributed by atoms with Gasteiger partial charge in [0.1, 0.15) is 5.92 Å². The summed E-state index contributed by atoms with van der Waals surface area (Å²) in [7, 11) is 0.831. The van der Waals surface area contributed by atoms with Crippen molar-refractivity contribution in [2.45, 2.75) is 68.2 Å². The van der Waals surface area contributed by atoms with Crippen LogP contribution in [0.5, 0.6) is 0 Å². The zero-order valence-electron chi connectivity index (χ0n) is 27.4. The van der Waals surface area contributed by atoms with Crippen LogP contribution in [0.2, 0.25) is 10.0 Å². The third-order valence-corrected chi connectivity index (χ3v) is 11.6. The van der Waals surface area contributed by atoms with Crippen LogP contribution in [-0.4, -0.2) is 78.3 Å². The molecule has 1 aliphatic carbocycles. The standard InChI is InChI=1S/C36H43Cl2N3O6S/c1-46-35(43)32-28(20-30(42)41-18-16-24(17-19-41)39-21-23-10-5-3-6-11-23)40-29(22-48(45)25-12-7-4-8-13-25)33(36(44)47-2)34(32)31-26(37)14-9-15-27(31)38/h4,7-9,12-15,23-24,32,34,39H,3,5-6,10-11,16-22H2,1-2H3/t32?,34-,48?/m0/s1. The Kier molecular flexibility index (Phi) is 12.9. The maximum absolute atomic E-state index is 13.9. The predicted molar refractivity (Wildman–Crippen MR) is 188 cm³/mol. The minimum Gasteiger partial charge on any atom is -0.468 e. The number of hydrogen-bond donors (Lipinski definition) is 1. The highest BCUT2D eigenvalue weighted by atomic mass is 35.5. The summed E-state index contributed by atoms with van der Waals surface area (Å²) in [5.41, 5.74) is 0.620. The second-order valence-corrected chi connectivity index (χ2v) is 14.9. The van der Waals surface area contributed by atoms with Crippen LogP contribution in [0.3, 0.4) is 0 Å². The molecule has 3 aliphatic rings. The molecular weight excluding hydrogens is 673 g/mol. The molecule has 3 atom stereocenters. The van der Waals surface area contributed by atoms with Crippen molar-refractivity contribution >= 4 is 57.6 Å². The summed E-state index contributed by atoms with van der Waals surface area (Å²) in [4.78, 5) is 48.2. The van der Waals surface area contributed by atoms with Crippen molar-refractivity contribution in [2.24, 2.45) is 16.8 Å². The predicted octanol–water partition coefficient (Wildman–Crippen LogP) is 6.11. The third-order valence-electron chi connectivity index (χ3n) is 9.64. The molecule has 2 aromatic rings. The largest absolute Gasteiger partial charge is 0.468 e. The van der Waals surface area contributed by atoms with Crippen LogP contribution in [0.4, 0.5) is 0 Å².